The summed E-state index contributed by atoms with van der Waals surface area (Å²) in [5, 5.41) is 5.26. The maximum Gasteiger partial charge on any atom is 0.287 e. The highest BCUT2D eigenvalue weighted by Gasteiger charge is 2.10. The number of aryl methyl sites for hydroxylation is 1. The molecule has 0 aliphatic heterocycles. The Hall–Kier alpha value is -2.56. The van der Waals surface area contributed by atoms with Crippen molar-refractivity contribution in [2.45, 2.75) is 32.6 Å². The third-order valence-corrected chi connectivity index (χ3v) is 3.46. The summed E-state index contributed by atoms with van der Waals surface area (Å²) in [6, 6.07) is 11.0. The molecule has 1 heterocycles. The zero-order valence-electron chi connectivity index (χ0n) is 13.3. The lowest BCUT2D eigenvalue weighted by Gasteiger charge is -2.07. The number of hydrogen-bond acceptors (Lipinski definition) is 3. The van der Waals surface area contributed by atoms with E-state index >= 15 is 0 Å². The minimum absolute atomic E-state index is 0.0994. The topological polar surface area (TPSA) is 71.3 Å². The molecule has 0 fully saturated rings. The Labute approximate surface area is 136 Å². The molecule has 2 N–H and O–H groups in total. The van der Waals surface area contributed by atoms with Gasteiger partial charge in [-0.1, -0.05) is 31.9 Å². The third-order valence-electron chi connectivity index (χ3n) is 3.46. The zero-order valence-corrected chi connectivity index (χ0v) is 13.3. The first-order valence-corrected chi connectivity index (χ1v) is 7.89. The Morgan fingerprint density at radius 1 is 1.09 bits per heavy atom. The highest BCUT2D eigenvalue weighted by molar-refractivity contribution is 5.97. The van der Waals surface area contributed by atoms with E-state index in [2.05, 4.69) is 17.6 Å². The molecular weight excluding hydrogens is 292 g/mol. The van der Waals surface area contributed by atoms with Crippen LogP contribution in [-0.4, -0.2) is 18.4 Å². The molecule has 23 heavy (non-hydrogen) atoms. The third kappa shape index (κ3) is 5.62. The van der Waals surface area contributed by atoms with Crippen LogP contribution in [0.5, 0.6) is 0 Å². The van der Waals surface area contributed by atoms with Gasteiger partial charge in [-0.15, -0.1) is 0 Å². The van der Waals surface area contributed by atoms with Gasteiger partial charge in [0.25, 0.3) is 5.91 Å². The van der Waals surface area contributed by atoms with Crippen molar-refractivity contribution in [3.8, 4) is 0 Å². The number of rotatable bonds is 8. The van der Waals surface area contributed by atoms with E-state index in [1.54, 1.807) is 12.1 Å². The van der Waals surface area contributed by atoms with Crippen molar-refractivity contribution in [2.75, 3.05) is 11.9 Å². The fourth-order valence-corrected chi connectivity index (χ4v) is 2.19. The van der Waals surface area contributed by atoms with Gasteiger partial charge >= 0.3 is 0 Å². The van der Waals surface area contributed by atoms with E-state index in [-0.39, 0.29) is 18.2 Å². The quantitative estimate of drug-likeness (QED) is 0.734. The normalized spacial score (nSPS) is 10.3. The van der Waals surface area contributed by atoms with E-state index < -0.39 is 5.91 Å². The molecule has 1 aromatic carbocycles. The zero-order chi connectivity index (χ0) is 16.5. The largest absolute Gasteiger partial charge is 0.459 e. The number of nitrogens with one attached hydrogen (secondary N) is 2. The van der Waals surface area contributed by atoms with E-state index in [1.807, 2.05) is 24.3 Å². The Morgan fingerprint density at radius 3 is 2.52 bits per heavy atom. The fourth-order valence-electron chi connectivity index (χ4n) is 2.19. The van der Waals surface area contributed by atoms with Crippen molar-refractivity contribution in [3.63, 3.8) is 0 Å². The maximum absolute atomic E-state index is 11.8. The smallest absolute Gasteiger partial charge is 0.287 e. The first-order valence-electron chi connectivity index (χ1n) is 7.89. The van der Waals surface area contributed by atoms with E-state index in [0.717, 1.165) is 12.1 Å². The summed E-state index contributed by atoms with van der Waals surface area (Å²) in [7, 11) is 0. The molecule has 2 aromatic rings. The summed E-state index contributed by atoms with van der Waals surface area (Å²) < 4.78 is 4.96. The summed E-state index contributed by atoms with van der Waals surface area (Å²) in [5.74, 6) is -0.491. The number of carbonyl (C=O) groups is 2. The molecule has 0 saturated heterocycles. The molecular formula is C18H22N2O3. The number of benzene rings is 1. The molecule has 0 aliphatic rings. The van der Waals surface area contributed by atoms with Gasteiger partial charge in [-0.25, -0.2) is 0 Å². The van der Waals surface area contributed by atoms with Crippen LogP contribution >= 0.6 is 0 Å². The van der Waals surface area contributed by atoms with Crippen LogP contribution in [0.1, 0.15) is 42.3 Å². The van der Waals surface area contributed by atoms with Gasteiger partial charge in [0.05, 0.1) is 12.8 Å². The minimum atomic E-state index is -0.406. The van der Waals surface area contributed by atoms with Crippen molar-refractivity contribution in [1.82, 2.24) is 5.32 Å². The SMILES string of the molecule is CCCCCc1ccc(NC(=O)CNC(=O)c2ccco2)cc1. The van der Waals surface area contributed by atoms with Crippen LogP contribution in [-0.2, 0) is 11.2 Å². The van der Waals surface area contributed by atoms with Crippen molar-refractivity contribution >= 4 is 17.5 Å². The molecule has 2 rings (SSSR count). The van der Waals surface area contributed by atoms with Gasteiger partial charge in [0.15, 0.2) is 5.76 Å². The lowest BCUT2D eigenvalue weighted by molar-refractivity contribution is -0.115. The molecule has 0 radical (unpaired) electrons. The van der Waals surface area contributed by atoms with Gasteiger partial charge in [-0.2, -0.15) is 0 Å². The lowest BCUT2D eigenvalue weighted by atomic mass is 10.1. The molecule has 1 aromatic heterocycles. The highest BCUT2D eigenvalue weighted by atomic mass is 16.3. The van der Waals surface area contributed by atoms with Crippen molar-refractivity contribution in [2.24, 2.45) is 0 Å². The van der Waals surface area contributed by atoms with E-state index in [9.17, 15) is 9.59 Å². The van der Waals surface area contributed by atoms with Gasteiger partial charge in [0.1, 0.15) is 0 Å². The Balaban J connectivity index is 1.75. The average molecular weight is 314 g/mol. The van der Waals surface area contributed by atoms with Crippen LogP contribution in [0.15, 0.2) is 47.1 Å². The van der Waals surface area contributed by atoms with Gasteiger partial charge in [-0.05, 0) is 42.7 Å². The first kappa shape index (κ1) is 16.8. The average Bonchev–Trinajstić information content (AvgIpc) is 3.09. The fraction of sp³-hybridized carbons (Fsp3) is 0.333. The second-order valence-electron chi connectivity index (χ2n) is 5.36. The second kappa shape index (κ2) is 8.78. The minimum Gasteiger partial charge on any atom is -0.459 e. The molecule has 0 atom stereocenters. The van der Waals surface area contributed by atoms with Gasteiger partial charge < -0.3 is 15.1 Å². The van der Waals surface area contributed by atoms with Crippen LogP contribution in [0, 0.1) is 0 Å². The molecule has 5 nitrogen and oxygen atoms in total. The molecule has 2 amide bonds. The second-order valence-corrected chi connectivity index (χ2v) is 5.36. The number of amides is 2. The van der Waals surface area contributed by atoms with Crippen LogP contribution < -0.4 is 10.6 Å². The van der Waals surface area contributed by atoms with Crippen molar-refractivity contribution < 1.29 is 14.0 Å². The summed E-state index contributed by atoms with van der Waals surface area (Å²) >= 11 is 0. The van der Waals surface area contributed by atoms with E-state index in [4.69, 9.17) is 4.42 Å². The standard InChI is InChI=1S/C18H22N2O3/c1-2-3-4-6-14-8-10-15(11-9-14)20-17(21)13-19-18(22)16-7-5-12-23-16/h5,7-12H,2-4,6,13H2,1H3,(H,19,22)(H,20,21). The van der Waals surface area contributed by atoms with Crippen molar-refractivity contribution in [3.05, 3.63) is 54.0 Å². The van der Waals surface area contributed by atoms with Crippen LogP contribution in [0.4, 0.5) is 5.69 Å². The van der Waals surface area contributed by atoms with E-state index in [0.29, 0.717) is 0 Å². The maximum atomic E-state index is 11.8. The Morgan fingerprint density at radius 2 is 1.87 bits per heavy atom. The molecule has 0 aliphatic carbocycles. The predicted octanol–water partition coefficient (Wildman–Crippen LogP) is 3.38. The lowest BCUT2D eigenvalue weighted by Crippen LogP contribution is -2.32. The summed E-state index contributed by atoms with van der Waals surface area (Å²) in [4.78, 5) is 23.5. The summed E-state index contributed by atoms with van der Waals surface area (Å²) in [6.07, 6.45) is 6.09. The number of unbranched alkanes of at least 4 members (excludes halogenated alkanes) is 2. The van der Waals surface area contributed by atoms with Crippen molar-refractivity contribution in [1.29, 1.82) is 0 Å². The highest BCUT2D eigenvalue weighted by Crippen LogP contribution is 2.12. The monoisotopic (exact) mass is 314 g/mol. The van der Waals surface area contributed by atoms with Gasteiger partial charge in [-0.3, -0.25) is 9.59 Å². The summed E-state index contributed by atoms with van der Waals surface area (Å²) in [5.41, 5.74) is 1.99. The predicted molar refractivity (Wildman–Crippen MR) is 89.3 cm³/mol. The van der Waals surface area contributed by atoms with Gasteiger partial charge in [0.2, 0.25) is 5.91 Å². The molecule has 122 valence electrons. The molecule has 0 spiro atoms. The van der Waals surface area contributed by atoms with E-state index in [1.165, 1.54) is 31.1 Å². The first-order chi connectivity index (χ1) is 11.2. The number of anilines is 1. The number of hydrogen-bond donors (Lipinski definition) is 2. The summed E-state index contributed by atoms with van der Waals surface area (Å²) in [6.45, 7) is 2.08. The number of carbonyl (C=O) groups excluding carboxylic acids is 2. The van der Waals surface area contributed by atoms with Crippen LogP contribution in [0.25, 0.3) is 0 Å². The molecule has 0 unspecified atom stereocenters. The Kier molecular flexibility index (Phi) is 6.41. The number of furan rings is 1. The molecule has 5 heteroatoms. The van der Waals surface area contributed by atoms with Crippen LogP contribution in [0.3, 0.4) is 0 Å². The molecule has 0 saturated carbocycles. The molecule has 0 bridgehead atoms. The Bertz CT molecular complexity index is 618. The van der Waals surface area contributed by atoms with Crippen LogP contribution in [0.2, 0.25) is 0 Å². The van der Waals surface area contributed by atoms with Gasteiger partial charge in [0, 0.05) is 5.69 Å².